The molecule has 7 nitrogen and oxygen atoms in total. The average molecular weight is 437 g/mol. The third-order valence-electron chi connectivity index (χ3n) is 4.67. The molecule has 0 saturated carbocycles. The first-order chi connectivity index (χ1) is 15.5. The molecule has 0 atom stereocenters. The lowest BCUT2D eigenvalue weighted by Gasteiger charge is -2.08. The van der Waals surface area contributed by atoms with Crippen molar-refractivity contribution in [2.24, 2.45) is 0 Å². The van der Waals surface area contributed by atoms with Gasteiger partial charge in [0.25, 0.3) is 5.89 Å². The van der Waals surface area contributed by atoms with Crippen LogP contribution in [0, 0.1) is 0 Å². The SMILES string of the molecule is FC(F)(F)Oc1ccc(-c2noc(-c3nn(Cc4ccccn4)c4ccccc34)n2)cc1. The van der Waals surface area contributed by atoms with Gasteiger partial charge in [-0.3, -0.25) is 9.67 Å². The Labute approximate surface area is 179 Å². The zero-order valence-electron chi connectivity index (χ0n) is 16.3. The van der Waals surface area contributed by atoms with Crippen molar-refractivity contribution in [2.45, 2.75) is 12.9 Å². The molecule has 0 unspecified atom stereocenters. The van der Waals surface area contributed by atoms with Gasteiger partial charge in [0.2, 0.25) is 5.82 Å². The lowest BCUT2D eigenvalue weighted by Crippen LogP contribution is -2.16. The van der Waals surface area contributed by atoms with Crippen LogP contribution in [0.15, 0.2) is 77.4 Å². The monoisotopic (exact) mass is 437 g/mol. The summed E-state index contributed by atoms with van der Waals surface area (Å²) in [4.78, 5) is 8.74. The third kappa shape index (κ3) is 4.02. The van der Waals surface area contributed by atoms with E-state index < -0.39 is 6.36 Å². The van der Waals surface area contributed by atoms with Crippen molar-refractivity contribution >= 4 is 10.9 Å². The highest BCUT2D eigenvalue weighted by Crippen LogP contribution is 2.30. The van der Waals surface area contributed by atoms with Crippen molar-refractivity contribution in [3.63, 3.8) is 0 Å². The summed E-state index contributed by atoms with van der Waals surface area (Å²) in [6.07, 6.45) is -3.03. The van der Waals surface area contributed by atoms with E-state index >= 15 is 0 Å². The molecule has 10 heteroatoms. The highest BCUT2D eigenvalue weighted by molar-refractivity contribution is 5.91. The molecule has 0 spiro atoms. The second-order valence-electron chi connectivity index (χ2n) is 6.84. The number of pyridine rings is 1. The molecule has 0 aliphatic heterocycles. The number of hydrogen-bond donors (Lipinski definition) is 0. The molecule has 3 heterocycles. The van der Waals surface area contributed by atoms with Crippen LogP contribution < -0.4 is 4.74 Å². The van der Waals surface area contributed by atoms with Gasteiger partial charge >= 0.3 is 6.36 Å². The van der Waals surface area contributed by atoms with Gasteiger partial charge in [0.15, 0.2) is 5.69 Å². The maximum absolute atomic E-state index is 12.3. The zero-order valence-corrected chi connectivity index (χ0v) is 16.3. The van der Waals surface area contributed by atoms with E-state index in [4.69, 9.17) is 4.52 Å². The minimum absolute atomic E-state index is 0.201. The predicted octanol–water partition coefficient (Wildman–Crippen LogP) is 5.10. The minimum atomic E-state index is -4.75. The van der Waals surface area contributed by atoms with Crippen molar-refractivity contribution in [1.82, 2.24) is 24.9 Å². The van der Waals surface area contributed by atoms with Crippen LogP contribution in [0.1, 0.15) is 5.69 Å². The quantitative estimate of drug-likeness (QED) is 0.381. The Hall–Kier alpha value is -4.21. The summed E-state index contributed by atoms with van der Waals surface area (Å²) in [5, 5.41) is 9.43. The zero-order chi connectivity index (χ0) is 22.1. The predicted molar refractivity (Wildman–Crippen MR) is 108 cm³/mol. The molecule has 5 aromatic rings. The number of nitrogens with zero attached hydrogens (tertiary/aromatic N) is 5. The first kappa shape index (κ1) is 19.7. The van der Waals surface area contributed by atoms with Gasteiger partial charge in [-0.15, -0.1) is 13.2 Å². The third-order valence-corrected chi connectivity index (χ3v) is 4.67. The molecule has 2 aromatic carbocycles. The summed E-state index contributed by atoms with van der Waals surface area (Å²) >= 11 is 0. The molecule has 0 fully saturated rings. The van der Waals surface area contributed by atoms with Crippen molar-refractivity contribution in [3.8, 4) is 28.7 Å². The van der Waals surface area contributed by atoms with E-state index in [1.54, 1.807) is 10.9 Å². The van der Waals surface area contributed by atoms with Crippen LogP contribution in [-0.4, -0.2) is 31.3 Å². The van der Waals surface area contributed by atoms with Crippen molar-refractivity contribution in [2.75, 3.05) is 0 Å². The highest BCUT2D eigenvalue weighted by Gasteiger charge is 2.31. The van der Waals surface area contributed by atoms with Crippen LogP contribution >= 0.6 is 0 Å². The van der Waals surface area contributed by atoms with Gasteiger partial charge in [-0.05, 0) is 42.5 Å². The number of benzene rings is 2. The van der Waals surface area contributed by atoms with Gasteiger partial charge in [-0.2, -0.15) is 10.1 Å². The highest BCUT2D eigenvalue weighted by atomic mass is 19.4. The Bertz CT molecular complexity index is 1360. The van der Waals surface area contributed by atoms with Gasteiger partial charge in [0.05, 0.1) is 17.8 Å². The van der Waals surface area contributed by atoms with E-state index in [-0.39, 0.29) is 17.5 Å². The van der Waals surface area contributed by atoms with E-state index in [1.807, 2.05) is 42.5 Å². The molecule has 160 valence electrons. The first-order valence-corrected chi connectivity index (χ1v) is 9.52. The number of hydrogen-bond acceptors (Lipinski definition) is 6. The molecule has 0 saturated heterocycles. The Kier molecular flexibility index (Phi) is 4.81. The Morgan fingerprint density at radius 2 is 1.72 bits per heavy atom. The Morgan fingerprint density at radius 1 is 0.938 bits per heavy atom. The largest absolute Gasteiger partial charge is 0.573 e. The molecule has 0 N–H and O–H groups in total. The first-order valence-electron chi connectivity index (χ1n) is 9.52. The fraction of sp³-hybridized carbons (Fsp3) is 0.0909. The van der Waals surface area contributed by atoms with Gasteiger partial charge in [-0.1, -0.05) is 29.4 Å². The van der Waals surface area contributed by atoms with Crippen LogP contribution in [0.2, 0.25) is 0 Å². The summed E-state index contributed by atoms with van der Waals surface area (Å²) in [7, 11) is 0. The van der Waals surface area contributed by atoms with E-state index in [2.05, 4.69) is 25.0 Å². The smallest absolute Gasteiger partial charge is 0.406 e. The minimum Gasteiger partial charge on any atom is -0.406 e. The Balaban J connectivity index is 1.47. The summed E-state index contributed by atoms with van der Waals surface area (Å²) in [5.41, 5.74) is 2.71. The number of aromatic nitrogens is 5. The van der Waals surface area contributed by atoms with Crippen LogP contribution in [0.3, 0.4) is 0 Å². The van der Waals surface area contributed by atoms with E-state index in [0.29, 0.717) is 17.8 Å². The van der Waals surface area contributed by atoms with E-state index in [9.17, 15) is 13.2 Å². The molecule has 0 amide bonds. The van der Waals surface area contributed by atoms with Crippen LogP contribution in [0.5, 0.6) is 5.75 Å². The number of halogens is 3. The second kappa shape index (κ2) is 7.80. The number of rotatable bonds is 5. The number of ether oxygens (including phenoxy) is 1. The maximum atomic E-state index is 12.3. The van der Waals surface area contributed by atoms with Gasteiger partial charge in [0.1, 0.15) is 5.75 Å². The van der Waals surface area contributed by atoms with Crippen LogP contribution in [0.4, 0.5) is 13.2 Å². The van der Waals surface area contributed by atoms with E-state index in [1.165, 1.54) is 24.3 Å². The number of fused-ring (bicyclic) bond motifs is 1. The normalized spacial score (nSPS) is 11.7. The molecule has 32 heavy (non-hydrogen) atoms. The second-order valence-corrected chi connectivity index (χ2v) is 6.84. The molecule has 0 bridgehead atoms. The lowest BCUT2D eigenvalue weighted by molar-refractivity contribution is -0.274. The fourth-order valence-electron chi connectivity index (χ4n) is 3.29. The van der Waals surface area contributed by atoms with Crippen molar-refractivity contribution in [3.05, 3.63) is 78.6 Å². The summed E-state index contributed by atoms with van der Waals surface area (Å²) in [6.45, 7) is 0.461. The summed E-state index contributed by atoms with van der Waals surface area (Å²) in [6, 6.07) is 18.5. The molecular weight excluding hydrogens is 423 g/mol. The maximum Gasteiger partial charge on any atom is 0.573 e. The lowest BCUT2D eigenvalue weighted by atomic mass is 10.2. The average Bonchev–Trinajstić information content (AvgIpc) is 3.40. The van der Waals surface area contributed by atoms with E-state index in [0.717, 1.165) is 16.6 Å². The summed E-state index contributed by atoms with van der Waals surface area (Å²) in [5.74, 6) is 0.0951. The number of alkyl halides is 3. The van der Waals surface area contributed by atoms with Crippen molar-refractivity contribution < 1.29 is 22.4 Å². The molecule has 0 radical (unpaired) electrons. The van der Waals surface area contributed by atoms with Crippen LogP contribution in [0.25, 0.3) is 33.9 Å². The standard InChI is InChI=1S/C22H14F3N5O2/c23-22(24,25)31-16-10-8-14(9-11-16)20-27-21(32-29-20)19-17-6-1-2-7-18(17)30(28-19)13-15-5-3-4-12-26-15/h1-12H,13H2. The van der Waals surface area contributed by atoms with Gasteiger partial charge in [-0.25, -0.2) is 0 Å². The topological polar surface area (TPSA) is 78.9 Å². The fourth-order valence-corrected chi connectivity index (χ4v) is 3.29. The molecular formula is C22H14F3N5O2. The van der Waals surface area contributed by atoms with Gasteiger partial charge in [0, 0.05) is 17.1 Å². The number of para-hydroxylation sites is 1. The van der Waals surface area contributed by atoms with Crippen molar-refractivity contribution in [1.29, 1.82) is 0 Å². The molecule has 0 aliphatic carbocycles. The molecule has 0 aliphatic rings. The molecule has 5 rings (SSSR count). The molecule has 3 aromatic heterocycles. The van der Waals surface area contributed by atoms with Gasteiger partial charge < -0.3 is 9.26 Å². The van der Waals surface area contributed by atoms with Crippen LogP contribution in [-0.2, 0) is 6.54 Å². The summed E-state index contributed by atoms with van der Waals surface area (Å²) < 4.78 is 48.2. The Morgan fingerprint density at radius 3 is 2.47 bits per heavy atom.